The summed E-state index contributed by atoms with van der Waals surface area (Å²) in [5.41, 5.74) is 2.43. The van der Waals surface area contributed by atoms with E-state index < -0.39 is 18.3 Å². The summed E-state index contributed by atoms with van der Waals surface area (Å²) in [6.07, 6.45) is 2.08. The van der Waals surface area contributed by atoms with Gasteiger partial charge >= 0.3 is 7.12 Å². The summed E-state index contributed by atoms with van der Waals surface area (Å²) in [7, 11) is -0.444. The van der Waals surface area contributed by atoms with Crippen molar-refractivity contribution >= 4 is 46.0 Å². The molecule has 1 aromatic rings. The zero-order chi connectivity index (χ0) is 18.1. The molecule has 1 aliphatic rings. The van der Waals surface area contributed by atoms with E-state index in [9.17, 15) is 4.79 Å². The number of rotatable bonds is 4. The van der Waals surface area contributed by atoms with E-state index in [1.165, 1.54) is 17.3 Å². The van der Waals surface area contributed by atoms with Crippen molar-refractivity contribution in [2.24, 2.45) is 0 Å². The summed E-state index contributed by atoms with van der Waals surface area (Å²) < 4.78 is 13.4. The van der Waals surface area contributed by atoms with Gasteiger partial charge in [-0.25, -0.2) is 0 Å². The van der Waals surface area contributed by atoms with Crippen LogP contribution in [0.2, 0.25) is 0 Å². The molecule has 0 aliphatic carbocycles. The van der Waals surface area contributed by atoms with Crippen LogP contribution in [0.3, 0.4) is 0 Å². The Labute approximate surface area is 157 Å². The number of carbonyl (C=O) groups is 1. The molecule has 1 aliphatic heterocycles. The molecule has 2 rings (SSSR count). The summed E-state index contributed by atoms with van der Waals surface area (Å²) >= 11 is 4.79. The fourth-order valence-corrected chi connectivity index (χ4v) is 3.29. The van der Waals surface area contributed by atoms with Crippen molar-refractivity contribution in [2.45, 2.75) is 52.7 Å². The Morgan fingerprint density at radius 3 is 2.38 bits per heavy atom. The molecule has 1 fully saturated rings. The lowest BCUT2D eigenvalue weighted by Gasteiger charge is -2.32. The fourth-order valence-electron chi connectivity index (χ4n) is 2.32. The van der Waals surface area contributed by atoms with E-state index in [0.29, 0.717) is 5.75 Å². The molecule has 6 heteroatoms. The molecule has 0 N–H and O–H groups in total. The van der Waals surface area contributed by atoms with E-state index in [2.05, 4.69) is 41.1 Å². The Kier molecular flexibility index (Phi) is 6.06. The second kappa shape index (κ2) is 7.36. The number of halogens is 1. The highest BCUT2D eigenvalue weighted by Crippen LogP contribution is 2.39. The maximum Gasteiger partial charge on any atom is 0.491 e. The third-order valence-electron chi connectivity index (χ3n) is 4.58. The zero-order valence-corrected chi connectivity index (χ0v) is 17.5. The largest absolute Gasteiger partial charge is 0.491 e. The van der Waals surface area contributed by atoms with Gasteiger partial charge in [0.15, 0.2) is 5.12 Å². The lowest BCUT2D eigenvalue weighted by molar-refractivity contribution is -0.109. The first kappa shape index (κ1) is 19.8. The number of carbonyl (C=O) groups excluding carboxylic acids is 1. The third-order valence-corrected chi connectivity index (χ3v) is 5.96. The average Bonchev–Trinajstić information content (AvgIpc) is 2.66. The van der Waals surface area contributed by atoms with E-state index in [4.69, 9.17) is 9.31 Å². The van der Waals surface area contributed by atoms with Crippen molar-refractivity contribution < 1.29 is 14.1 Å². The minimum atomic E-state index is -0.444. The first-order chi connectivity index (χ1) is 11.0. The van der Waals surface area contributed by atoms with E-state index in [1.807, 2.05) is 33.8 Å². The molecule has 0 amide bonds. The van der Waals surface area contributed by atoms with Crippen LogP contribution in [-0.2, 0) is 14.1 Å². The Morgan fingerprint density at radius 1 is 1.25 bits per heavy atom. The van der Waals surface area contributed by atoms with Gasteiger partial charge < -0.3 is 9.31 Å². The third kappa shape index (κ3) is 4.54. The Balaban J connectivity index is 2.37. The zero-order valence-electron chi connectivity index (χ0n) is 15.1. The van der Waals surface area contributed by atoms with Gasteiger partial charge in [0, 0.05) is 17.1 Å². The van der Waals surface area contributed by atoms with Crippen LogP contribution in [0.5, 0.6) is 0 Å². The number of aryl methyl sites for hydroxylation is 1. The fraction of sp³-hybridized carbons (Fsp3) is 0.500. The van der Waals surface area contributed by atoms with Gasteiger partial charge in [-0.05, 0) is 63.4 Å². The van der Waals surface area contributed by atoms with Gasteiger partial charge in [0.25, 0.3) is 0 Å². The Hall–Kier alpha value is -0.555. The molecule has 130 valence electrons. The molecule has 3 nitrogen and oxygen atoms in total. The van der Waals surface area contributed by atoms with Crippen LogP contribution in [0.15, 0.2) is 28.1 Å². The van der Waals surface area contributed by atoms with Crippen molar-refractivity contribution in [3.05, 3.63) is 39.3 Å². The first-order valence-electron chi connectivity index (χ1n) is 7.97. The lowest BCUT2D eigenvalue weighted by atomic mass is 9.78. The van der Waals surface area contributed by atoms with E-state index in [-0.39, 0.29) is 5.12 Å². The summed E-state index contributed by atoms with van der Waals surface area (Å²) in [5, 5.41) is 0.0865. The van der Waals surface area contributed by atoms with Crippen LogP contribution in [0.25, 0.3) is 6.08 Å². The van der Waals surface area contributed by atoms with E-state index >= 15 is 0 Å². The van der Waals surface area contributed by atoms with Gasteiger partial charge in [-0.15, -0.1) is 0 Å². The molecule has 0 saturated carbocycles. The molecule has 0 spiro atoms. The van der Waals surface area contributed by atoms with Crippen LogP contribution in [0.1, 0.15) is 45.7 Å². The molecular formula is C18H24BBrO3S. The monoisotopic (exact) mass is 410 g/mol. The molecule has 0 bridgehead atoms. The summed E-state index contributed by atoms with van der Waals surface area (Å²) in [4.78, 5) is 11.4. The minimum absolute atomic E-state index is 0.0865. The molecule has 1 aromatic carbocycles. The predicted molar refractivity (Wildman–Crippen MR) is 106 cm³/mol. The maximum absolute atomic E-state index is 11.4. The van der Waals surface area contributed by atoms with Crippen molar-refractivity contribution in [3.8, 4) is 0 Å². The molecule has 0 unspecified atom stereocenters. The van der Waals surface area contributed by atoms with Gasteiger partial charge in [0.2, 0.25) is 0 Å². The number of hydrogen-bond acceptors (Lipinski definition) is 4. The highest BCUT2D eigenvalue weighted by atomic mass is 79.9. The molecule has 0 aromatic heterocycles. The molecule has 1 saturated heterocycles. The van der Waals surface area contributed by atoms with Crippen molar-refractivity contribution in [2.75, 3.05) is 5.75 Å². The predicted octanol–water partition coefficient (Wildman–Crippen LogP) is 5.05. The quantitative estimate of drug-likeness (QED) is 0.650. The standard InChI is InChI=1S/C18H24BBrO3S/c1-12-7-8-16(20)10-14(12)9-15(11-24-13(2)21)19-22-17(3,4)18(5,6)23-19/h7-10H,11H2,1-6H3. The van der Waals surface area contributed by atoms with Crippen LogP contribution < -0.4 is 0 Å². The van der Waals surface area contributed by atoms with Crippen LogP contribution in [0.4, 0.5) is 0 Å². The highest BCUT2D eigenvalue weighted by molar-refractivity contribution is 9.10. The van der Waals surface area contributed by atoms with Gasteiger partial charge in [-0.2, -0.15) is 0 Å². The highest BCUT2D eigenvalue weighted by Gasteiger charge is 2.52. The van der Waals surface area contributed by atoms with Crippen molar-refractivity contribution in [3.63, 3.8) is 0 Å². The smallest absolute Gasteiger partial charge is 0.400 e. The van der Waals surface area contributed by atoms with Crippen LogP contribution >= 0.6 is 27.7 Å². The Bertz CT molecular complexity index is 654. The Morgan fingerprint density at radius 2 is 1.83 bits per heavy atom. The van der Waals surface area contributed by atoms with E-state index in [1.54, 1.807) is 6.92 Å². The second-order valence-corrected chi connectivity index (χ2v) is 9.16. The van der Waals surface area contributed by atoms with Gasteiger partial charge in [0.05, 0.1) is 11.2 Å². The molecule has 0 radical (unpaired) electrons. The normalized spacial score (nSPS) is 19.6. The van der Waals surface area contributed by atoms with Crippen LogP contribution in [-0.4, -0.2) is 29.2 Å². The number of hydrogen-bond donors (Lipinski definition) is 0. The number of benzene rings is 1. The molecular weight excluding hydrogens is 387 g/mol. The SMILES string of the molecule is CC(=O)SCC(=Cc1cc(Br)ccc1C)B1OC(C)(C)C(C)(C)O1. The van der Waals surface area contributed by atoms with Crippen LogP contribution in [0, 0.1) is 6.92 Å². The number of thioether (sulfide) groups is 1. The van der Waals surface area contributed by atoms with Gasteiger partial charge in [-0.3, -0.25) is 4.79 Å². The second-order valence-electron chi connectivity index (χ2n) is 7.09. The summed E-state index contributed by atoms with van der Waals surface area (Å²) in [5.74, 6) is 0.554. The topological polar surface area (TPSA) is 35.5 Å². The van der Waals surface area contributed by atoms with Crippen molar-refractivity contribution in [1.82, 2.24) is 0 Å². The van der Waals surface area contributed by atoms with Gasteiger partial charge in [0.1, 0.15) is 0 Å². The van der Waals surface area contributed by atoms with E-state index in [0.717, 1.165) is 15.5 Å². The lowest BCUT2D eigenvalue weighted by Crippen LogP contribution is -2.41. The molecule has 1 heterocycles. The van der Waals surface area contributed by atoms with Crippen molar-refractivity contribution in [1.29, 1.82) is 0 Å². The average molecular weight is 411 g/mol. The summed E-state index contributed by atoms with van der Waals surface area (Å²) in [6.45, 7) is 11.8. The summed E-state index contributed by atoms with van der Waals surface area (Å²) in [6, 6.07) is 6.15. The first-order valence-corrected chi connectivity index (χ1v) is 9.75. The minimum Gasteiger partial charge on any atom is -0.400 e. The van der Waals surface area contributed by atoms with Gasteiger partial charge in [-0.1, -0.05) is 39.8 Å². The molecule has 0 atom stereocenters. The molecule has 24 heavy (non-hydrogen) atoms. The maximum atomic E-state index is 11.4.